The van der Waals surface area contributed by atoms with Gasteiger partial charge in [-0.15, -0.1) is 0 Å². The molecule has 4 bridgehead atoms. The van der Waals surface area contributed by atoms with E-state index < -0.39 is 29.8 Å². The van der Waals surface area contributed by atoms with Crippen LogP contribution in [-0.2, 0) is 19.2 Å². The summed E-state index contributed by atoms with van der Waals surface area (Å²) in [4.78, 5) is 51.2. The molecule has 39 heavy (non-hydrogen) atoms. The van der Waals surface area contributed by atoms with E-state index in [-0.39, 0.29) is 18.9 Å². The number of piperidine rings is 1. The number of likely N-dealkylation sites (N-methyl/N-ethyl adjacent to an activating group) is 1. The van der Waals surface area contributed by atoms with Crippen molar-refractivity contribution in [2.75, 3.05) is 26.2 Å². The maximum absolute atomic E-state index is 12.8. The fourth-order valence-corrected chi connectivity index (χ4v) is 8.70. The molecule has 1 saturated heterocycles. The lowest BCUT2D eigenvalue weighted by Gasteiger charge is -2.57. The minimum atomic E-state index is -1.51. The van der Waals surface area contributed by atoms with Crippen LogP contribution in [0.3, 0.4) is 0 Å². The zero-order valence-electron chi connectivity index (χ0n) is 23.7. The lowest BCUT2D eigenvalue weighted by atomic mass is 9.48. The predicted molar refractivity (Wildman–Crippen MR) is 147 cm³/mol. The number of carboxylic acids is 2. The number of rotatable bonds is 15. The number of nitrogens with zero attached hydrogens (tertiary/aromatic N) is 1. The Morgan fingerprint density at radius 3 is 2.10 bits per heavy atom. The van der Waals surface area contributed by atoms with Gasteiger partial charge in [-0.05, 0) is 126 Å². The van der Waals surface area contributed by atoms with Gasteiger partial charge < -0.3 is 25.7 Å². The van der Waals surface area contributed by atoms with Crippen LogP contribution in [0.2, 0.25) is 0 Å². The van der Waals surface area contributed by atoms with Crippen molar-refractivity contribution in [1.82, 2.24) is 15.5 Å². The fraction of sp³-hybridized carbons (Fsp3) is 0.867. The molecule has 4 N–H and O–H groups in total. The second-order valence-corrected chi connectivity index (χ2v) is 13.1. The molecule has 0 radical (unpaired) electrons. The summed E-state index contributed by atoms with van der Waals surface area (Å²) < 4.78 is 0. The first-order chi connectivity index (χ1) is 18.7. The highest BCUT2D eigenvalue weighted by molar-refractivity contribution is 5.90. The molecule has 2 atom stereocenters. The number of aliphatic carboxylic acids is 2. The normalized spacial score (nSPS) is 29.5. The molecule has 220 valence electrons. The molecule has 0 spiro atoms. The van der Waals surface area contributed by atoms with Crippen LogP contribution in [0.25, 0.3) is 0 Å². The van der Waals surface area contributed by atoms with Gasteiger partial charge >= 0.3 is 11.9 Å². The molecule has 1 aliphatic heterocycles. The molecule has 9 nitrogen and oxygen atoms in total. The van der Waals surface area contributed by atoms with Crippen molar-refractivity contribution in [3.05, 3.63) is 0 Å². The minimum absolute atomic E-state index is 0.126. The van der Waals surface area contributed by atoms with Gasteiger partial charge in [0.15, 0.2) is 0 Å². The van der Waals surface area contributed by atoms with Crippen molar-refractivity contribution < 1.29 is 29.4 Å². The molecule has 5 fully saturated rings. The Kier molecular flexibility index (Phi) is 10.3. The summed E-state index contributed by atoms with van der Waals surface area (Å²) in [7, 11) is 0. The zero-order chi connectivity index (χ0) is 28.0. The topological polar surface area (TPSA) is 136 Å². The minimum Gasteiger partial charge on any atom is -0.481 e. The first kappa shape index (κ1) is 29.8. The Hall–Kier alpha value is -2.16. The third-order valence-corrected chi connectivity index (χ3v) is 10.2. The maximum Gasteiger partial charge on any atom is 0.327 e. The van der Waals surface area contributed by atoms with E-state index in [1.165, 1.54) is 43.4 Å². The number of carboxylic acid groups (broad SMARTS) is 2. The summed E-state index contributed by atoms with van der Waals surface area (Å²) >= 11 is 0. The van der Waals surface area contributed by atoms with Crippen LogP contribution in [0, 0.1) is 35.0 Å². The molecule has 5 rings (SSSR count). The predicted octanol–water partition coefficient (Wildman–Crippen LogP) is 3.66. The average molecular weight is 548 g/mol. The van der Waals surface area contributed by atoms with Gasteiger partial charge in [0.25, 0.3) is 0 Å². The lowest BCUT2D eigenvalue weighted by Crippen LogP contribution is -2.52. The molecule has 4 saturated carbocycles. The van der Waals surface area contributed by atoms with Crippen LogP contribution >= 0.6 is 0 Å². The lowest BCUT2D eigenvalue weighted by molar-refractivity contribution is -0.153. The Morgan fingerprint density at radius 1 is 0.949 bits per heavy atom. The van der Waals surface area contributed by atoms with Crippen molar-refractivity contribution in [1.29, 1.82) is 0 Å². The quantitative estimate of drug-likeness (QED) is 0.246. The average Bonchev–Trinajstić information content (AvgIpc) is 2.88. The summed E-state index contributed by atoms with van der Waals surface area (Å²) in [6, 6.07) is -1.51. The van der Waals surface area contributed by atoms with Crippen molar-refractivity contribution >= 4 is 23.8 Å². The van der Waals surface area contributed by atoms with Gasteiger partial charge in [-0.25, -0.2) is 4.79 Å². The summed E-state index contributed by atoms with van der Waals surface area (Å²) in [5, 5.41) is 25.5. The van der Waals surface area contributed by atoms with E-state index in [0.29, 0.717) is 30.7 Å². The first-order valence-corrected chi connectivity index (χ1v) is 15.4. The third kappa shape index (κ3) is 7.95. The number of hydrogen-bond donors (Lipinski definition) is 4. The van der Waals surface area contributed by atoms with Crippen LogP contribution in [0.4, 0.5) is 0 Å². The molecular formula is C30H49N3O6. The van der Waals surface area contributed by atoms with E-state index in [1.807, 2.05) is 0 Å². The highest BCUT2D eigenvalue weighted by Crippen LogP contribution is 2.61. The van der Waals surface area contributed by atoms with Crippen LogP contribution in [-0.4, -0.2) is 71.1 Å². The van der Waals surface area contributed by atoms with E-state index in [0.717, 1.165) is 62.9 Å². The van der Waals surface area contributed by atoms with Gasteiger partial charge in [0.1, 0.15) is 6.04 Å². The van der Waals surface area contributed by atoms with Gasteiger partial charge in [-0.1, -0.05) is 6.42 Å². The monoisotopic (exact) mass is 547 g/mol. The molecule has 1 heterocycles. The fourth-order valence-electron chi connectivity index (χ4n) is 8.70. The molecule has 0 aromatic rings. The van der Waals surface area contributed by atoms with Gasteiger partial charge in [0.05, 0.1) is 12.5 Å². The van der Waals surface area contributed by atoms with Crippen molar-refractivity contribution in [3.63, 3.8) is 0 Å². The molecular weight excluding hydrogens is 498 g/mol. The SMILES string of the molecule is CCN(CC(=O)N[C@H](C(=O)O)C(CCCC12CC3CC(CC(C3)C1)C2)C(=O)O)C(=O)CCCC1CCNCC1. The highest BCUT2D eigenvalue weighted by atomic mass is 16.4. The van der Waals surface area contributed by atoms with Gasteiger partial charge in [0, 0.05) is 13.0 Å². The first-order valence-electron chi connectivity index (χ1n) is 15.4. The molecule has 1 unspecified atom stereocenters. The molecule has 9 heteroatoms. The second-order valence-electron chi connectivity index (χ2n) is 13.1. The van der Waals surface area contributed by atoms with Crippen LogP contribution < -0.4 is 10.6 Å². The third-order valence-electron chi connectivity index (χ3n) is 10.2. The molecule has 2 amide bonds. The number of nitrogens with one attached hydrogen (secondary N) is 2. The number of amides is 2. The molecule has 0 aromatic heterocycles. The molecule has 5 aliphatic rings. The van der Waals surface area contributed by atoms with E-state index in [1.54, 1.807) is 6.92 Å². The van der Waals surface area contributed by atoms with Crippen molar-refractivity contribution in [2.24, 2.45) is 35.0 Å². The molecule has 4 aliphatic carbocycles. The molecule has 0 aromatic carbocycles. The Labute approximate surface area is 232 Å². The van der Waals surface area contributed by atoms with E-state index in [2.05, 4.69) is 10.6 Å². The largest absolute Gasteiger partial charge is 0.481 e. The standard InChI is InChI=1S/C30H49N3O6/c1-2-33(26(35)7-3-5-20-8-11-31-12-9-20)19-25(34)32-27(29(38)39)24(28(36)37)6-4-10-30-16-21-13-22(17-30)15-23(14-21)18-30/h20-24,27,31H,2-19H2,1H3,(H,32,34)(H,36,37)(H,38,39)/t21?,22?,23?,24?,27-,30?/m0/s1. The van der Waals surface area contributed by atoms with Crippen LogP contribution in [0.5, 0.6) is 0 Å². The number of carbonyl (C=O) groups excluding carboxylic acids is 2. The Balaban J connectivity index is 1.25. The van der Waals surface area contributed by atoms with Crippen LogP contribution in [0.1, 0.15) is 96.8 Å². The maximum atomic E-state index is 12.8. The van der Waals surface area contributed by atoms with E-state index in [9.17, 15) is 29.4 Å². The van der Waals surface area contributed by atoms with Gasteiger partial charge in [-0.3, -0.25) is 14.4 Å². The summed E-state index contributed by atoms with van der Waals surface area (Å²) in [6.07, 6.45) is 13.9. The summed E-state index contributed by atoms with van der Waals surface area (Å²) in [5.41, 5.74) is 0.301. The second kappa shape index (κ2) is 13.5. The summed E-state index contributed by atoms with van der Waals surface area (Å²) in [6.45, 7) is 3.91. The number of carbonyl (C=O) groups is 4. The van der Waals surface area contributed by atoms with Crippen molar-refractivity contribution in [3.8, 4) is 0 Å². The smallest absolute Gasteiger partial charge is 0.327 e. The Bertz CT molecular complexity index is 851. The van der Waals surface area contributed by atoms with Crippen molar-refractivity contribution in [2.45, 2.75) is 103 Å². The van der Waals surface area contributed by atoms with Crippen LogP contribution in [0.15, 0.2) is 0 Å². The van der Waals surface area contributed by atoms with Gasteiger partial charge in [0.2, 0.25) is 11.8 Å². The number of hydrogen-bond acceptors (Lipinski definition) is 5. The highest BCUT2D eigenvalue weighted by Gasteiger charge is 2.50. The van der Waals surface area contributed by atoms with Gasteiger partial charge in [-0.2, -0.15) is 0 Å². The zero-order valence-corrected chi connectivity index (χ0v) is 23.7. The summed E-state index contributed by atoms with van der Waals surface area (Å²) in [5.74, 6) is -1.43. The van der Waals surface area contributed by atoms with E-state index in [4.69, 9.17) is 0 Å². The Morgan fingerprint density at radius 2 is 1.56 bits per heavy atom. The van der Waals surface area contributed by atoms with E-state index >= 15 is 0 Å².